The molecule has 83 heavy (non-hydrogen) atoms. The average molecular weight is 1170 g/mol. The molecule has 2 unspecified atom stereocenters. The van der Waals surface area contributed by atoms with Crippen molar-refractivity contribution < 1.29 is 24.5 Å². The van der Waals surface area contributed by atoms with Crippen LogP contribution in [0.25, 0.3) is 0 Å². The average Bonchev–Trinajstić information content (AvgIpc) is 3.49. The summed E-state index contributed by atoms with van der Waals surface area (Å²) < 4.78 is 5.51. The molecular formula is C77H149NO5. The van der Waals surface area contributed by atoms with Crippen molar-refractivity contribution in [1.29, 1.82) is 0 Å². The van der Waals surface area contributed by atoms with Crippen LogP contribution in [0.2, 0.25) is 0 Å². The van der Waals surface area contributed by atoms with E-state index in [0.29, 0.717) is 25.9 Å². The second-order valence-electron chi connectivity index (χ2n) is 26.3. The summed E-state index contributed by atoms with van der Waals surface area (Å²) in [5, 5.41) is 23.3. The number of unbranched alkanes of at least 4 members (excludes halogenated alkanes) is 57. The summed E-state index contributed by atoms with van der Waals surface area (Å²) in [5.74, 6) is -0.0111. The lowest BCUT2D eigenvalue weighted by molar-refractivity contribution is -0.143. The fourth-order valence-corrected chi connectivity index (χ4v) is 12.2. The Labute approximate surface area is 520 Å². The Hall–Kier alpha value is -1.66. The lowest BCUT2D eigenvalue weighted by atomic mass is 10.0. The van der Waals surface area contributed by atoms with Crippen molar-refractivity contribution in [3.63, 3.8) is 0 Å². The van der Waals surface area contributed by atoms with E-state index in [4.69, 9.17) is 4.74 Å². The van der Waals surface area contributed by atoms with Gasteiger partial charge in [-0.15, -0.1) is 0 Å². The first kappa shape index (κ1) is 81.3. The van der Waals surface area contributed by atoms with Crippen LogP contribution in [0, 0.1) is 0 Å². The van der Waals surface area contributed by atoms with Crippen molar-refractivity contribution in [3.05, 3.63) is 24.3 Å². The van der Waals surface area contributed by atoms with Crippen molar-refractivity contribution >= 4 is 11.9 Å². The predicted molar refractivity (Wildman–Crippen MR) is 366 cm³/mol. The number of allylic oxidation sites excluding steroid dienone is 4. The number of esters is 1. The van der Waals surface area contributed by atoms with Gasteiger partial charge in [-0.05, 0) is 57.8 Å². The van der Waals surface area contributed by atoms with Gasteiger partial charge in [0.15, 0.2) is 0 Å². The summed E-state index contributed by atoms with van der Waals surface area (Å²) in [6.07, 6.45) is 92.6. The van der Waals surface area contributed by atoms with Gasteiger partial charge in [0.25, 0.3) is 0 Å². The van der Waals surface area contributed by atoms with Crippen molar-refractivity contribution in [2.45, 2.75) is 443 Å². The van der Waals surface area contributed by atoms with Crippen LogP contribution in [0.5, 0.6) is 0 Å². The SMILES string of the molecule is CCCCC/C=C\C/C=C\CCCCCCCCCC(=O)OCCCCCCCCCCCCCCCCCCCCCCCCCCCCCCCCCCCCCC(=O)NC(CO)C(O)CCCCCCCCCCCCCCCC. The van der Waals surface area contributed by atoms with Crippen LogP contribution in [0.4, 0.5) is 0 Å². The largest absolute Gasteiger partial charge is 0.466 e. The summed E-state index contributed by atoms with van der Waals surface area (Å²) in [5.41, 5.74) is 0. The van der Waals surface area contributed by atoms with Crippen LogP contribution < -0.4 is 5.32 Å². The molecule has 0 aromatic heterocycles. The maximum atomic E-state index is 12.5. The van der Waals surface area contributed by atoms with Gasteiger partial charge in [0.05, 0.1) is 25.4 Å². The molecule has 0 aliphatic heterocycles. The molecule has 6 nitrogen and oxygen atoms in total. The third-order valence-corrected chi connectivity index (χ3v) is 18.0. The van der Waals surface area contributed by atoms with Gasteiger partial charge in [-0.1, -0.05) is 385 Å². The molecule has 0 aromatic rings. The van der Waals surface area contributed by atoms with Gasteiger partial charge >= 0.3 is 5.97 Å². The van der Waals surface area contributed by atoms with E-state index in [-0.39, 0.29) is 18.5 Å². The number of rotatable bonds is 72. The van der Waals surface area contributed by atoms with Gasteiger partial charge in [0, 0.05) is 12.8 Å². The van der Waals surface area contributed by atoms with Gasteiger partial charge in [0.2, 0.25) is 5.91 Å². The molecule has 0 spiro atoms. The molecule has 2 atom stereocenters. The van der Waals surface area contributed by atoms with Crippen LogP contribution in [-0.2, 0) is 14.3 Å². The number of aliphatic hydroxyl groups is 2. The smallest absolute Gasteiger partial charge is 0.305 e. The van der Waals surface area contributed by atoms with E-state index in [1.807, 2.05) is 0 Å². The minimum absolute atomic E-state index is 0.0155. The van der Waals surface area contributed by atoms with Gasteiger partial charge in [-0.3, -0.25) is 9.59 Å². The Morgan fingerprint density at radius 3 is 0.940 bits per heavy atom. The summed E-state index contributed by atoms with van der Waals surface area (Å²) in [6, 6.07) is -0.536. The zero-order valence-corrected chi connectivity index (χ0v) is 56.5. The minimum atomic E-state index is -0.660. The van der Waals surface area contributed by atoms with Gasteiger partial charge in [-0.25, -0.2) is 0 Å². The first-order valence-corrected chi connectivity index (χ1v) is 38.1. The predicted octanol–water partition coefficient (Wildman–Crippen LogP) is 24.9. The molecule has 3 N–H and O–H groups in total. The molecule has 0 rings (SSSR count). The number of carbonyl (C=O) groups is 2. The van der Waals surface area contributed by atoms with Crippen molar-refractivity contribution in [2.24, 2.45) is 0 Å². The Morgan fingerprint density at radius 2 is 0.602 bits per heavy atom. The molecule has 1 amide bonds. The Morgan fingerprint density at radius 1 is 0.337 bits per heavy atom. The maximum Gasteiger partial charge on any atom is 0.305 e. The number of hydrogen-bond acceptors (Lipinski definition) is 5. The lowest BCUT2D eigenvalue weighted by Gasteiger charge is -2.22. The quantitative estimate of drug-likeness (QED) is 0.0320. The molecule has 0 heterocycles. The molecular weight excluding hydrogens is 1020 g/mol. The van der Waals surface area contributed by atoms with Gasteiger partial charge in [0.1, 0.15) is 0 Å². The Kier molecular flexibility index (Phi) is 71.4. The summed E-state index contributed by atoms with van der Waals surface area (Å²) in [6.45, 7) is 4.96. The Balaban J connectivity index is 3.29. The third-order valence-electron chi connectivity index (χ3n) is 18.0. The summed E-state index contributed by atoms with van der Waals surface area (Å²) >= 11 is 0. The number of hydrogen-bond donors (Lipinski definition) is 3. The Bertz CT molecular complexity index is 1300. The molecule has 0 aromatic carbocycles. The zero-order chi connectivity index (χ0) is 59.9. The first-order chi connectivity index (χ1) is 41.0. The first-order valence-electron chi connectivity index (χ1n) is 38.1. The molecule has 0 fully saturated rings. The summed E-state index contributed by atoms with van der Waals surface area (Å²) in [4.78, 5) is 24.6. The highest BCUT2D eigenvalue weighted by Gasteiger charge is 2.20. The van der Waals surface area contributed by atoms with Crippen molar-refractivity contribution in [3.8, 4) is 0 Å². The fourth-order valence-electron chi connectivity index (χ4n) is 12.2. The second-order valence-corrected chi connectivity index (χ2v) is 26.3. The third kappa shape index (κ3) is 69.3. The fraction of sp³-hybridized carbons (Fsp3) is 0.922. The molecule has 492 valence electrons. The van der Waals surface area contributed by atoms with Crippen LogP contribution in [0.15, 0.2) is 24.3 Å². The zero-order valence-electron chi connectivity index (χ0n) is 56.5. The molecule has 0 saturated heterocycles. The highest BCUT2D eigenvalue weighted by molar-refractivity contribution is 5.76. The van der Waals surface area contributed by atoms with E-state index < -0.39 is 12.1 Å². The normalized spacial score (nSPS) is 12.6. The second kappa shape index (κ2) is 72.8. The van der Waals surface area contributed by atoms with E-state index >= 15 is 0 Å². The topological polar surface area (TPSA) is 95.9 Å². The van der Waals surface area contributed by atoms with Crippen LogP contribution >= 0.6 is 0 Å². The number of aliphatic hydroxyl groups excluding tert-OH is 2. The van der Waals surface area contributed by atoms with E-state index in [9.17, 15) is 19.8 Å². The lowest BCUT2D eigenvalue weighted by Crippen LogP contribution is -2.45. The van der Waals surface area contributed by atoms with Gasteiger partial charge < -0.3 is 20.3 Å². The number of amides is 1. The van der Waals surface area contributed by atoms with E-state index in [1.54, 1.807) is 0 Å². The molecule has 0 aliphatic rings. The highest BCUT2D eigenvalue weighted by Crippen LogP contribution is 2.20. The van der Waals surface area contributed by atoms with E-state index in [1.165, 1.54) is 347 Å². The molecule has 0 saturated carbocycles. The van der Waals surface area contributed by atoms with Crippen LogP contribution in [-0.4, -0.2) is 47.4 Å². The number of nitrogens with one attached hydrogen (secondary N) is 1. The molecule has 0 bridgehead atoms. The van der Waals surface area contributed by atoms with Crippen molar-refractivity contribution in [1.82, 2.24) is 5.32 Å². The number of ether oxygens (including phenoxy) is 1. The van der Waals surface area contributed by atoms with Crippen LogP contribution in [0.3, 0.4) is 0 Å². The van der Waals surface area contributed by atoms with E-state index in [0.717, 1.165) is 51.4 Å². The number of carbonyl (C=O) groups excluding carboxylic acids is 2. The van der Waals surface area contributed by atoms with Crippen LogP contribution in [0.1, 0.15) is 431 Å². The molecule has 6 heteroatoms. The van der Waals surface area contributed by atoms with Crippen molar-refractivity contribution in [2.75, 3.05) is 13.2 Å². The maximum absolute atomic E-state index is 12.5. The standard InChI is InChI=1S/C77H149NO5/c1-3-5-7-9-11-13-15-17-19-39-43-47-51-55-59-63-67-71-77(82)83-72-68-64-60-56-52-48-44-41-38-36-34-32-30-28-26-24-22-20-21-23-25-27-29-31-33-35-37-40-42-46-50-54-58-62-66-70-76(81)78-74(73-79)75(80)69-65-61-57-53-49-45-18-16-14-12-10-8-6-4-2/h11,13,17,19,74-75,79-80H,3-10,12,14-16,18,20-73H2,1-2H3,(H,78,81)/b13-11-,19-17-. The highest BCUT2D eigenvalue weighted by atomic mass is 16.5. The minimum Gasteiger partial charge on any atom is -0.466 e. The molecule has 0 aliphatic carbocycles. The van der Waals surface area contributed by atoms with Gasteiger partial charge in [-0.2, -0.15) is 0 Å². The molecule has 0 radical (unpaired) electrons. The summed E-state index contributed by atoms with van der Waals surface area (Å²) in [7, 11) is 0. The monoisotopic (exact) mass is 1170 g/mol. The van der Waals surface area contributed by atoms with E-state index in [2.05, 4.69) is 43.5 Å².